The maximum absolute atomic E-state index is 13.3. The highest BCUT2D eigenvalue weighted by atomic mass is 32.2. The third-order valence-corrected chi connectivity index (χ3v) is 7.41. The average Bonchev–Trinajstić information content (AvgIpc) is 3.02. The molecule has 2 heterocycles. The Morgan fingerprint density at radius 2 is 1.92 bits per heavy atom. The van der Waals surface area contributed by atoms with Crippen LogP contribution in [0.1, 0.15) is 32.1 Å². The molecule has 2 aliphatic rings. The SMILES string of the molecule is O=C(O)C1CC2CCCCC2N1S(=O)(=O)c1ccc2oc(=O)ccc2c1. The van der Waals surface area contributed by atoms with Crippen LogP contribution in [0.3, 0.4) is 0 Å². The van der Waals surface area contributed by atoms with Crippen LogP contribution in [0, 0.1) is 5.92 Å². The number of aliphatic carboxylic acids is 1. The first-order chi connectivity index (χ1) is 12.4. The third kappa shape index (κ3) is 2.73. The van der Waals surface area contributed by atoms with Crippen molar-refractivity contribution in [1.82, 2.24) is 4.31 Å². The summed E-state index contributed by atoms with van der Waals surface area (Å²) in [6, 6.07) is 5.68. The van der Waals surface area contributed by atoms with E-state index in [1.54, 1.807) is 0 Å². The second kappa shape index (κ2) is 6.21. The minimum Gasteiger partial charge on any atom is -0.480 e. The van der Waals surface area contributed by atoms with Crippen LogP contribution in [-0.4, -0.2) is 35.9 Å². The molecule has 26 heavy (non-hydrogen) atoms. The van der Waals surface area contributed by atoms with E-state index in [0.29, 0.717) is 23.8 Å². The molecule has 7 nitrogen and oxygen atoms in total. The van der Waals surface area contributed by atoms with Gasteiger partial charge < -0.3 is 9.52 Å². The summed E-state index contributed by atoms with van der Waals surface area (Å²) in [6.45, 7) is 0. The molecule has 2 aromatic rings. The average molecular weight is 377 g/mol. The van der Waals surface area contributed by atoms with E-state index in [0.717, 1.165) is 19.3 Å². The Labute approximate surface area is 150 Å². The van der Waals surface area contributed by atoms with Gasteiger partial charge in [0.25, 0.3) is 0 Å². The Hall–Kier alpha value is -2.19. The van der Waals surface area contributed by atoms with Gasteiger partial charge in [0.2, 0.25) is 10.0 Å². The Morgan fingerprint density at radius 3 is 2.69 bits per heavy atom. The van der Waals surface area contributed by atoms with Crippen molar-refractivity contribution in [3.05, 3.63) is 40.8 Å². The van der Waals surface area contributed by atoms with Gasteiger partial charge in [-0.25, -0.2) is 13.2 Å². The zero-order valence-electron chi connectivity index (χ0n) is 14.0. The fraction of sp³-hybridized carbons (Fsp3) is 0.444. The molecule has 8 heteroatoms. The fourth-order valence-electron chi connectivity index (χ4n) is 4.31. The molecule has 1 aromatic carbocycles. The lowest BCUT2D eigenvalue weighted by Gasteiger charge is -2.32. The van der Waals surface area contributed by atoms with E-state index >= 15 is 0 Å². The molecule has 1 aromatic heterocycles. The maximum atomic E-state index is 13.3. The van der Waals surface area contributed by atoms with Crippen molar-refractivity contribution in [2.45, 2.75) is 49.1 Å². The molecule has 1 aliphatic heterocycles. The Bertz CT molecular complexity index is 1030. The second-order valence-electron chi connectivity index (χ2n) is 6.99. The monoisotopic (exact) mass is 377 g/mol. The molecule has 0 bridgehead atoms. The molecule has 0 spiro atoms. The summed E-state index contributed by atoms with van der Waals surface area (Å²) in [5, 5.41) is 10.1. The van der Waals surface area contributed by atoms with Crippen LogP contribution in [-0.2, 0) is 14.8 Å². The summed E-state index contributed by atoms with van der Waals surface area (Å²) in [5.41, 5.74) is -0.216. The summed E-state index contributed by atoms with van der Waals surface area (Å²) in [4.78, 5) is 23.0. The first-order valence-corrected chi connectivity index (χ1v) is 10.1. The van der Waals surface area contributed by atoms with E-state index in [-0.39, 0.29) is 16.9 Å². The molecule has 1 N–H and O–H groups in total. The van der Waals surface area contributed by atoms with Crippen molar-refractivity contribution in [1.29, 1.82) is 0 Å². The number of carbonyl (C=O) groups is 1. The van der Waals surface area contributed by atoms with E-state index < -0.39 is 27.7 Å². The minimum atomic E-state index is -3.97. The maximum Gasteiger partial charge on any atom is 0.336 e. The van der Waals surface area contributed by atoms with Crippen molar-refractivity contribution in [3.8, 4) is 0 Å². The molecular weight excluding hydrogens is 358 g/mol. The van der Waals surface area contributed by atoms with Gasteiger partial charge in [0.05, 0.1) is 4.90 Å². The first-order valence-electron chi connectivity index (χ1n) is 8.68. The number of hydrogen-bond donors (Lipinski definition) is 1. The van der Waals surface area contributed by atoms with Crippen LogP contribution in [0.2, 0.25) is 0 Å². The summed E-state index contributed by atoms with van der Waals surface area (Å²) in [5.74, 6) is -1.01. The van der Waals surface area contributed by atoms with Crippen molar-refractivity contribution in [3.63, 3.8) is 0 Å². The van der Waals surface area contributed by atoms with Gasteiger partial charge in [-0.05, 0) is 49.4 Å². The number of hydrogen-bond acceptors (Lipinski definition) is 5. The molecule has 1 saturated carbocycles. The Kier molecular flexibility index (Phi) is 4.11. The number of sulfonamides is 1. The smallest absolute Gasteiger partial charge is 0.336 e. The summed E-state index contributed by atoms with van der Waals surface area (Å²) in [7, 11) is -3.97. The Balaban J connectivity index is 1.80. The van der Waals surface area contributed by atoms with Crippen LogP contribution >= 0.6 is 0 Å². The molecule has 3 atom stereocenters. The van der Waals surface area contributed by atoms with Crippen molar-refractivity contribution in [2.24, 2.45) is 5.92 Å². The number of benzene rings is 1. The summed E-state index contributed by atoms with van der Waals surface area (Å²) >= 11 is 0. The van der Waals surface area contributed by atoms with Crippen LogP contribution in [0.5, 0.6) is 0 Å². The van der Waals surface area contributed by atoms with Gasteiger partial charge in [-0.2, -0.15) is 4.31 Å². The van der Waals surface area contributed by atoms with Gasteiger partial charge in [-0.3, -0.25) is 4.79 Å². The molecule has 3 unspecified atom stereocenters. The van der Waals surface area contributed by atoms with E-state index in [9.17, 15) is 23.1 Å². The van der Waals surface area contributed by atoms with Crippen LogP contribution < -0.4 is 5.63 Å². The highest BCUT2D eigenvalue weighted by molar-refractivity contribution is 7.89. The molecule has 138 valence electrons. The number of fused-ring (bicyclic) bond motifs is 2. The molecular formula is C18H19NO6S. The van der Waals surface area contributed by atoms with E-state index in [1.807, 2.05) is 0 Å². The van der Waals surface area contributed by atoms with Crippen LogP contribution in [0.4, 0.5) is 0 Å². The van der Waals surface area contributed by atoms with Gasteiger partial charge in [-0.15, -0.1) is 0 Å². The van der Waals surface area contributed by atoms with Gasteiger partial charge in [0, 0.05) is 17.5 Å². The van der Waals surface area contributed by atoms with Crippen molar-refractivity contribution in [2.75, 3.05) is 0 Å². The zero-order chi connectivity index (χ0) is 18.5. The molecule has 2 fully saturated rings. The molecule has 1 saturated heterocycles. The summed E-state index contributed by atoms with van der Waals surface area (Å²) in [6.07, 6.45) is 3.83. The van der Waals surface area contributed by atoms with Crippen LogP contribution in [0.15, 0.2) is 44.4 Å². The number of carboxylic acids is 1. The normalized spacial score (nSPS) is 26.7. The molecule has 1 aliphatic carbocycles. The van der Waals surface area contributed by atoms with E-state index in [4.69, 9.17) is 4.42 Å². The summed E-state index contributed by atoms with van der Waals surface area (Å²) < 4.78 is 32.8. The highest BCUT2D eigenvalue weighted by Crippen LogP contribution is 2.42. The lowest BCUT2D eigenvalue weighted by Crippen LogP contribution is -2.46. The fourth-order valence-corrected chi connectivity index (χ4v) is 6.21. The largest absolute Gasteiger partial charge is 0.480 e. The lowest BCUT2D eigenvalue weighted by molar-refractivity contribution is -0.141. The zero-order valence-corrected chi connectivity index (χ0v) is 14.8. The predicted octanol–water partition coefficient (Wildman–Crippen LogP) is 2.20. The van der Waals surface area contributed by atoms with Crippen molar-refractivity contribution >= 4 is 27.0 Å². The first kappa shape index (κ1) is 17.2. The lowest BCUT2D eigenvalue weighted by atomic mass is 9.85. The van der Waals surface area contributed by atoms with E-state index in [1.165, 1.54) is 34.6 Å². The van der Waals surface area contributed by atoms with Gasteiger partial charge in [-0.1, -0.05) is 12.8 Å². The number of nitrogens with zero attached hydrogens (tertiary/aromatic N) is 1. The van der Waals surface area contributed by atoms with Crippen LogP contribution in [0.25, 0.3) is 11.0 Å². The molecule has 0 radical (unpaired) electrons. The highest BCUT2D eigenvalue weighted by Gasteiger charge is 2.51. The van der Waals surface area contributed by atoms with Gasteiger partial charge in [0.1, 0.15) is 11.6 Å². The molecule has 0 amide bonds. The van der Waals surface area contributed by atoms with E-state index in [2.05, 4.69) is 0 Å². The number of rotatable bonds is 3. The van der Waals surface area contributed by atoms with Crippen molar-refractivity contribution < 1.29 is 22.7 Å². The Morgan fingerprint density at radius 1 is 1.15 bits per heavy atom. The topological polar surface area (TPSA) is 105 Å². The minimum absolute atomic E-state index is 0.0244. The quantitative estimate of drug-likeness (QED) is 0.822. The number of carboxylic acid groups (broad SMARTS) is 1. The van der Waals surface area contributed by atoms with Gasteiger partial charge in [0.15, 0.2) is 0 Å². The third-order valence-electron chi connectivity index (χ3n) is 5.48. The predicted molar refractivity (Wildman–Crippen MR) is 93.3 cm³/mol. The second-order valence-corrected chi connectivity index (χ2v) is 8.83. The standard InChI is InChI=1S/C18H19NO6S/c20-17-8-5-12-9-13(6-7-16(12)25-17)26(23,24)19-14-4-2-1-3-11(14)10-15(19)18(21)22/h5-9,11,14-15H,1-4,10H2,(H,21,22). The molecule has 4 rings (SSSR count). The van der Waals surface area contributed by atoms with Gasteiger partial charge >= 0.3 is 11.6 Å².